The summed E-state index contributed by atoms with van der Waals surface area (Å²) in [5.41, 5.74) is 1.17. The Bertz CT molecular complexity index is 789. The summed E-state index contributed by atoms with van der Waals surface area (Å²) in [4.78, 5) is 12.3. The predicted octanol–water partition coefficient (Wildman–Crippen LogP) is 3.38. The van der Waals surface area contributed by atoms with Crippen molar-refractivity contribution in [2.75, 3.05) is 25.6 Å². The maximum atomic E-state index is 12.3. The van der Waals surface area contributed by atoms with Gasteiger partial charge in [-0.2, -0.15) is 0 Å². The van der Waals surface area contributed by atoms with Gasteiger partial charge < -0.3 is 19.5 Å². The van der Waals surface area contributed by atoms with Gasteiger partial charge in [-0.1, -0.05) is 12.1 Å². The Labute approximate surface area is 163 Å². The summed E-state index contributed by atoms with van der Waals surface area (Å²) >= 11 is 5.22. The summed E-state index contributed by atoms with van der Waals surface area (Å²) in [5, 5.41) is 5.84. The zero-order valence-electron chi connectivity index (χ0n) is 15.1. The van der Waals surface area contributed by atoms with Gasteiger partial charge in [0, 0.05) is 12.3 Å². The lowest BCUT2D eigenvalue weighted by molar-refractivity contribution is 0.0679. The average Bonchev–Trinajstić information content (AvgIpc) is 3.21. The third-order valence-corrected chi connectivity index (χ3v) is 4.35. The Morgan fingerprint density at radius 3 is 2.70 bits per heavy atom. The second-order valence-electron chi connectivity index (χ2n) is 6.08. The zero-order valence-corrected chi connectivity index (χ0v) is 15.9. The number of thiocarbonyl (C=S) groups is 1. The van der Waals surface area contributed by atoms with E-state index >= 15 is 0 Å². The Kier molecular flexibility index (Phi) is 6.62. The first-order valence-electron chi connectivity index (χ1n) is 8.75. The third-order valence-electron chi connectivity index (χ3n) is 4.15. The molecule has 1 amide bonds. The Morgan fingerprint density at radius 2 is 2.00 bits per heavy atom. The van der Waals surface area contributed by atoms with Crippen molar-refractivity contribution >= 4 is 28.9 Å². The lowest BCUT2D eigenvalue weighted by Crippen LogP contribution is -2.34. The van der Waals surface area contributed by atoms with Gasteiger partial charge in [-0.25, -0.2) is 0 Å². The number of amides is 1. The number of methoxy groups -OCH3 is 1. The molecule has 2 aromatic carbocycles. The lowest BCUT2D eigenvalue weighted by Gasteiger charge is -2.13. The zero-order chi connectivity index (χ0) is 19.1. The number of para-hydroxylation sites is 1. The smallest absolute Gasteiger partial charge is 0.261 e. The van der Waals surface area contributed by atoms with Crippen molar-refractivity contribution in [2.45, 2.75) is 18.9 Å². The third kappa shape index (κ3) is 5.42. The first-order valence-corrected chi connectivity index (χ1v) is 9.16. The largest absolute Gasteiger partial charge is 0.496 e. The summed E-state index contributed by atoms with van der Waals surface area (Å²) in [6.07, 6.45) is 2.31. The van der Waals surface area contributed by atoms with Crippen LogP contribution in [-0.2, 0) is 4.74 Å². The van der Waals surface area contributed by atoms with Gasteiger partial charge in [-0.15, -0.1) is 0 Å². The summed E-state index contributed by atoms with van der Waals surface area (Å²) in [5.74, 6) is 0.923. The molecule has 0 aliphatic carbocycles. The standard InChI is InChI=1S/C20H22N2O4S/c1-24-18-7-3-2-6-17(18)19(23)22-20(27)21-14-8-10-15(11-9-14)26-13-16-5-4-12-25-16/h2-3,6-11,16H,4-5,12-13H2,1H3,(H2,21,22,23,27)/t16-/m1/s1. The van der Waals surface area contributed by atoms with Crippen molar-refractivity contribution in [3.8, 4) is 11.5 Å². The van der Waals surface area contributed by atoms with Gasteiger partial charge >= 0.3 is 0 Å². The minimum atomic E-state index is -0.332. The molecule has 0 aromatic heterocycles. The van der Waals surface area contributed by atoms with Crippen LogP contribution in [0.3, 0.4) is 0 Å². The van der Waals surface area contributed by atoms with Gasteiger partial charge in [0.05, 0.1) is 18.8 Å². The van der Waals surface area contributed by atoms with E-state index in [-0.39, 0.29) is 17.1 Å². The first-order chi connectivity index (χ1) is 13.2. The van der Waals surface area contributed by atoms with Crippen LogP contribution in [0, 0.1) is 0 Å². The van der Waals surface area contributed by atoms with E-state index in [0.29, 0.717) is 17.9 Å². The fourth-order valence-corrected chi connectivity index (χ4v) is 2.98. The molecule has 0 spiro atoms. The summed E-state index contributed by atoms with van der Waals surface area (Å²) in [7, 11) is 1.52. The van der Waals surface area contributed by atoms with E-state index in [2.05, 4.69) is 10.6 Å². The van der Waals surface area contributed by atoms with Crippen LogP contribution in [0.15, 0.2) is 48.5 Å². The molecule has 3 rings (SSSR count). The quantitative estimate of drug-likeness (QED) is 0.742. The molecule has 1 atom stereocenters. The highest BCUT2D eigenvalue weighted by Gasteiger charge is 2.16. The molecule has 1 fully saturated rings. The highest BCUT2D eigenvalue weighted by Crippen LogP contribution is 2.19. The maximum Gasteiger partial charge on any atom is 0.261 e. The van der Waals surface area contributed by atoms with Gasteiger partial charge in [0.2, 0.25) is 0 Å². The highest BCUT2D eigenvalue weighted by atomic mass is 32.1. The maximum absolute atomic E-state index is 12.3. The van der Waals surface area contributed by atoms with Crippen molar-refractivity contribution in [1.29, 1.82) is 0 Å². The van der Waals surface area contributed by atoms with Crippen LogP contribution < -0.4 is 20.1 Å². The van der Waals surface area contributed by atoms with Gasteiger partial charge in [0.25, 0.3) is 5.91 Å². The molecule has 2 N–H and O–H groups in total. The van der Waals surface area contributed by atoms with E-state index in [1.54, 1.807) is 24.3 Å². The number of carbonyl (C=O) groups is 1. The second kappa shape index (κ2) is 9.34. The molecule has 142 valence electrons. The van der Waals surface area contributed by atoms with Crippen molar-refractivity contribution in [1.82, 2.24) is 5.32 Å². The minimum absolute atomic E-state index is 0.181. The number of rotatable bonds is 6. The Balaban J connectivity index is 1.50. The molecule has 1 aliphatic heterocycles. The summed E-state index contributed by atoms with van der Waals surface area (Å²) in [6, 6.07) is 14.3. The molecule has 7 heteroatoms. The molecule has 27 heavy (non-hydrogen) atoms. The monoisotopic (exact) mass is 386 g/mol. The fourth-order valence-electron chi connectivity index (χ4n) is 2.76. The normalized spacial score (nSPS) is 15.8. The highest BCUT2D eigenvalue weighted by molar-refractivity contribution is 7.80. The van der Waals surface area contributed by atoms with Crippen LogP contribution in [0.25, 0.3) is 0 Å². The Morgan fingerprint density at radius 1 is 1.22 bits per heavy atom. The number of nitrogens with one attached hydrogen (secondary N) is 2. The number of anilines is 1. The molecule has 0 bridgehead atoms. The van der Waals surface area contributed by atoms with E-state index in [4.69, 9.17) is 26.4 Å². The fraction of sp³-hybridized carbons (Fsp3) is 0.300. The van der Waals surface area contributed by atoms with Crippen molar-refractivity contribution in [3.05, 3.63) is 54.1 Å². The molecular weight excluding hydrogens is 364 g/mol. The number of ether oxygens (including phenoxy) is 3. The second-order valence-corrected chi connectivity index (χ2v) is 6.49. The van der Waals surface area contributed by atoms with E-state index in [0.717, 1.165) is 30.9 Å². The van der Waals surface area contributed by atoms with Crippen LogP contribution >= 0.6 is 12.2 Å². The topological polar surface area (TPSA) is 68.8 Å². The minimum Gasteiger partial charge on any atom is -0.496 e. The molecule has 6 nitrogen and oxygen atoms in total. The van der Waals surface area contributed by atoms with Crippen LogP contribution in [-0.4, -0.2) is 37.4 Å². The molecule has 0 unspecified atom stereocenters. The Hall–Kier alpha value is -2.64. The first kappa shape index (κ1) is 19.1. The molecule has 1 heterocycles. The van der Waals surface area contributed by atoms with E-state index in [1.807, 2.05) is 24.3 Å². The van der Waals surface area contributed by atoms with Crippen molar-refractivity contribution in [3.63, 3.8) is 0 Å². The summed E-state index contributed by atoms with van der Waals surface area (Å²) < 4.78 is 16.5. The van der Waals surface area contributed by atoms with Crippen LogP contribution in [0.2, 0.25) is 0 Å². The van der Waals surface area contributed by atoms with E-state index in [1.165, 1.54) is 7.11 Å². The van der Waals surface area contributed by atoms with Gasteiger partial charge in [0.15, 0.2) is 5.11 Å². The van der Waals surface area contributed by atoms with Gasteiger partial charge in [-0.05, 0) is 61.5 Å². The predicted molar refractivity (Wildman–Crippen MR) is 108 cm³/mol. The van der Waals surface area contributed by atoms with E-state index in [9.17, 15) is 4.79 Å². The molecular formula is C20H22N2O4S. The lowest BCUT2D eigenvalue weighted by atomic mass is 10.2. The summed E-state index contributed by atoms with van der Waals surface area (Å²) in [6.45, 7) is 1.37. The SMILES string of the molecule is COc1ccccc1C(=O)NC(=S)Nc1ccc(OC[C@H]2CCCO2)cc1. The number of hydrogen-bond acceptors (Lipinski definition) is 5. The molecule has 1 saturated heterocycles. The van der Waals surface area contributed by atoms with Crippen LogP contribution in [0.1, 0.15) is 23.2 Å². The molecule has 0 saturated carbocycles. The van der Waals surface area contributed by atoms with E-state index < -0.39 is 0 Å². The molecule has 1 aliphatic rings. The number of benzene rings is 2. The van der Waals surface area contributed by atoms with Gasteiger partial charge in [0.1, 0.15) is 18.1 Å². The van der Waals surface area contributed by atoms with Crippen LogP contribution in [0.5, 0.6) is 11.5 Å². The molecule has 0 radical (unpaired) electrons. The van der Waals surface area contributed by atoms with Crippen molar-refractivity contribution < 1.29 is 19.0 Å². The average molecular weight is 386 g/mol. The van der Waals surface area contributed by atoms with Crippen molar-refractivity contribution in [2.24, 2.45) is 0 Å². The molecule has 2 aromatic rings. The van der Waals surface area contributed by atoms with Gasteiger partial charge in [-0.3, -0.25) is 10.1 Å². The van der Waals surface area contributed by atoms with Crippen LogP contribution in [0.4, 0.5) is 5.69 Å². The number of carbonyl (C=O) groups excluding carboxylic acids is 1. The number of hydrogen-bond donors (Lipinski definition) is 2.